The minimum absolute atomic E-state index is 0.258. The molecule has 14 heteroatoms. The zero-order chi connectivity index (χ0) is 45.1. The number of phosphoric acid groups is 1. The smallest absolute Gasteiger partial charge is 0.393 e. The van der Waals surface area contributed by atoms with Crippen molar-refractivity contribution in [2.45, 2.75) is 249 Å². The maximum absolute atomic E-state index is 13.0. The van der Waals surface area contributed by atoms with Gasteiger partial charge in [0, 0.05) is 0 Å². The van der Waals surface area contributed by atoms with E-state index in [1.165, 1.54) is 102 Å². The van der Waals surface area contributed by atoms with E-state index in [4.69, 9.17) is 9.05 Å². The number of rotatable bonds is 39. The van der Waals surface area contributed by atoms with Gasteiger partial charge in [-0.05, 0) is 57.8 Å². The molecular formula is C47H88NO12P. The fourth-order valence-electron chi connectivity index (χ4n) is 7.49. The summed E-state index contributed by atoms with van der Waals surface area (Å²) >= 11 is 0. The number of nitrogens with one attached hydrogen (secondary N) is 1. The van der Waals surface area contributed by atoms with Crippen LogP contribution >= 0.6 is 7.82 Å². The quantitative estimate of drug-likeness (QED) is 0.0162. The zero-order valence-electron chi connectivity index (χ0n) is 37.8. The molecule has 8 atom stereocenters. The molecule has 0 bridgehead atoms. The number of unbranched alkanes of at least 4 members (excludes halogenated alkanes) is 22. The lowest BCUT2D eigenvalue weighted by Gasteiger charge is -2.41. The fraction of sp³-hybridized carbons (Fsp3) is 0.851. The number of carbonyl (C=O) groups excluding carboxylic acids is 1. The molecule has 1 aliphatic carbocycles. The van der Waals surface area contributed by atoms with E-state index in [-0.39, 0.29) is 6.42 Å². The van der Waals surface area contributed by atoms with Crippen molar-refractivity contribution < 1.29 is 59.0 Å². The Morgan fingerprint density at radius 1 is 0.574 bits per heavy atom. The third-order valence-electron chi connectivity index (χ3n) is 11.4. The molecule has 1 fully saturated rings. The second kappa shape index (κ2) is 36.8. The molecule has 1 rings (SSSR count). The Kier molecular flexibility index (Phi) is 34.7. The van der Waals surface area contributed by atoms with Crippen molar-refractivity contribution in [3.63, 3.8) is 0 Å². The van der Waals surface area contributed by atoms with Gasteiger partial charge in [-0.1, -0.05) is 166 Å². The second-order valence-electron chi connectivity index (χ2n) is 17.1. The highest BCUT2D eigenvalue weighted by atomic mass is 31.2. The van der Waals surface area contributed by atoms with Gasteiger partial charge in [0.25, 0.3) is 0 Å². The summed E-state index contributed by atoms with van der Waals surface area (Å²) in [4.78, 5) is 23.4. The number of aliphatic hydroxyl groups is 7. The molecular weight excluding hydrogens is 801 g/mol. The van der Waals surface area contributed by atoms with Crippen LogP contribution in [-0.4, -0.2) is 108 Å². The Bertz CT molecular complexity index is 1190. The first kappa shape index (κ1) is 57.5. The van der Waals surface area contributed by atoms with Gasteiger partial charge in [-0.15, -0.1) is 0 Å². The fourth-order valence-corrected chi connectivity index (χ4v) is 8.45. The minimum Gasteiger partial charge on any atom is -0.393 e. The monoisotopic (exact) mass is 890 g/mol. The first-order valence-corrected chi connectivity index (χ1v) is 25.5. The third-order valence-corrected chi connectivity index (χ3v) is 12.4. The summed E-state index contributed by atoms with van der Waals surface area (Å²) < 4.78 is 22.8. The molecule has 1 saturated carbocycles. The van der Waals surface area contributed by atoms with E-state index in [0.29, 0.717) is 12.8 Å². The first-order valence-electron chi connectivity index (χ1n) is 24.0. The summed E-state index contributed by atoms with van der Waals surface area (Å²) in [6.45, 7) is 3.68. The summed E-state index contributed by atoms with van der Waals surface area (Å²) in [5.74, 6) is -0.609. The normalized spacial score (nSPS) is 23.5. The summed E-state index contributed by atoms with van der Waals surface area (Å²) in [6.07, 6.45) is 28.3. The van der Waals surface area contributed by atoms with E-state index < -0.39 is 75.2 Å². The number of aliphatic hydroxyl groups excluding tert-OH is 7. The van der Waals surface area contributed by atoms with Crippen molar-refractivity contribution in [3.8, 4) is 0 Å². The highest BCUT2D eigenvalue weighted by Crippen LogP contribution is 2.47. The third kappa shape index (κ3) is 28.8. The summed E-state index contributed by atoms with van der Waals surface area (Å²) in [7, 11) is -5.15. The number of phosphoric ester groups is 1. The summed E-state index contributed by atoms with van der Waals surface area (Å²) in [6, 6.07) is -1.26. The molecule has 0 heterocycles. The number of hydrogen-bond donors (Lipinski definition) is 9. The Labute approximate surface area is 368 Å². The van der Waals surface area contributed by atoms with Crippen molar-refractivity contribution in [3.05, 3.63) is 36.5 Å². The van der Waals surface area contributed by atoms with Gasteiger partial charge in [-0.2, -0.15) is 0 Å². The van der Waals surface area contributed by atoms with Crippen LogP contribution < -0.4 is 5.32 Å². The minimum atomic E-state index is -5.15. The molecule has 0 aromatic heterocycles. The number of hydrogen-bond acceptors (Lipinski definition) is 11. The van der Waals surface area contributed by atoms with Crippen LogP contribution in [0.25, 0.3) is 0 Å². The van der Waals surface area contributed by atoms with Gasteiger partial charge < -0.3 is 46.0 Å². The summed E-state index contributed by atoms with van der Waals surface area (Å²) in [5.41, 5.74) is 0. The van der Waals surface area contributed by atoms with Crippen molar-refractivity contribution in [2.75, 3.05) is 6.61 Å². The molecule has 13 nitrogen and oxygen atoms in total. The first-order chi connectivity index (χ1) is 29.3. The average Bonchev–Trinajstić information content (AvgIpc) is 3.23. The standard InChI is InChI=1S/C47H88NO12P/c1-3-5-7-9-11-13-15-16-17-18-19-20-21-22-23-24-25-26-28-30-32-34-38(49)36-41(51)48-39(40(50)35-33-31-29-27-14-12-10-8-6-4-2)37-59-61(57,58)60-47-45(55)43(53)42(52)44(54)46(47)56/h14,22-23,27,33,35,38-40,42-47,49-50,52-56H,3-13,15-21,24-26,28-32,34,36-37H2,1-2H3,(H,48,51)(H,57,58)/b23-22-,27-14+,35-33+. The topological polar surface area (TPSA) is 226 Å². The van der Waals surface area contributed by atoms with Gasteiger partial charge in [-0.3, -0.25) is 13.8 Å². The van der Waals surface area contributed by atoms with Crippen molar-refractivity contribution >= 4 is 13.7 Å². The molecule has 9 N–H and O–H groups in total. The van der Waals surface area contributed by atoms with Gasteiger partial charge in [0.2, 0.25) is 5.91 Å². The molecule has 0 aromatic carbocycles. The lowest BCUT2D eigenvalue weighted by molar-refractivity contribution is -0.220. The van der Waals surface area contributed by atoms with Crippen LogP contribution in [0.2, 0.25) is 0 Å². The highest BCUT2D eigenvalue weighted by molar-refractivity contribution is 7.47. The number of amides is 1. The van der Waals surface area contributed by atoms with Crippen LogP contribution in [0, 0.1) is 0 Å². The maximum atomic E-state index is 13.0. The molecule has 0 saturated heterocycles. The Morgan fingerprint density at radius 2 is 0.967 bits per heavy atom. The Balaban J connectivity index is 2.45. The van der Waals surface area contributed by atoms with E-state index in [1.54, 1.807) is 6.08 Å². The van der Waals surface area contributed by atoms with Gasteiger partial charge in [0.05, 0.1) is 31.3 Å². The van der Waals surface area contributed by atoms with E-state index in [1.807, 2.05) is 0 Å². The molecule has 358 valence electrons. The SMILES string of the molecule is CCCCCC/C=C/CC/C=C/C(O)C(COP(=O)(O)OC1C(O)C(O)C(O)C(O)C1O)NC(=O)CC(O)CCCCCCC/C=C\CCCCCCCCCCCCCC. The van der Waals surface area contributed by atoms with Gasteiger partial charge in [-0.25, -0.2) is 4.57 Å². The van der Waals surface area contributed by atoms with Crippen LogP contribution in [0.4, 0.5) is 0 Å². The molecule has 1 amide bonds. The lowest BCUT2D eigenvalue weighted by Crippen LogP contribution is -2.64. The van der Waals surface area contributed by atoms with Crippen molar-refractivity contribution in [1.29, 1.82) is 0 Å². The van der Waals surface area contributed by atoms with Gasteiger partial charge >= 0.3 is 7.82 Å². The lowest BCUT2D eigenvalue weighted by atomic mass is 9.85. The van der Waals surface area contributed by atoms with Crippen molar-refractivity contribution in [2.24, 2.45) is 0 Å². The predicted octanol–water partition coefficient (Wildman–Crippen LogP) is 8.14. The molecule has 0 spiro atoms. The molecule has 8 unspecified atom stereocenters. The maximum Gasteiger partial charge on any atom is 0.472 e. The van der Waals surface area contributed by atoms with Crippen LogP contribution in [0.15, 0.2) is 36.5 Å². The van der Waals surface area contributed by atoms with Crippen LogP contribution in [-0.2, 0) is 18.4 Å². The highest BCUT2D eigenvalue weighted by Gasteiger charge is 2.51. The molecule has 0 aliphatic heterocycles. The largest absolute Gasteiger partial charge is 0.472 e. The predicted molar refractivity (Wildman–Crippen MR) is 243 cm³/mol. The summed E-state index contributed by atoms with van der Waals surface area (Å²) in [5, 5.41) is 74.3. The van der Waals surface area contributed by atoms with E-state index in [9.17, 15) is 50.0 Å². The van der Waals surface area contributed by atoms with Crippen LogP contribution in [0.3, 0.4) is 0 Å². The Hall–Kier alpha value is -1.48. The zero-order valence-corrected chi connectivity index (χ0v) is 38.7. The van der Waals surface area contributed by atoms with Crippen molar-refractivity contribution in [1.82, 2.24) is 5.32 Å². The number of allylic oxidation sites excluding steroid dienone is 5. The van der Waals surface area contributed by atoms with Crippen LogP contribution in [0.1, 0.15) is 194 Å². The number of carbonyl (C=O) groups is 1. The average molecular weight is 890 g/mol. The Morgan fingerprint density at radius 3 is 1.46 bits per heavy atom. The molecule has 1 aliphatic rings. The van der Waals surface area contributed by atoms with E-state index in [0.717, 1.165) is 64.2 Å². The van der Waals surface area contributed by atoms with Crippen LogP contribution in [0.5, 0.6) is 0 Å². The molecule has 61 heavy (non-hydrogen) atoms. The second-order valence-corrected chi connectivity index (χ2v) is 18.5. The van der Waals surface area contributed by atoms with Gasteiger partial charge in [0.1, 0.15) is 36.6 Å². The molecule has 0 aromatic rings. The van der Waals surface area contributed by atoms with E-state index in [2.05, 4.69) is 43.5 Å². The van der Waals surface area contributed by atoms with E-state index >= 15 is 0 Å². The van der Waals surface area contributed by atoms with Gasteiger partial charge in [0.15, 0.2) is 0 Å². The molecule has 0 radical (unpaired) electrons.